The molecule has 5 rings (SSSR count). The number of rotatable bonds is 7. The number of fused-ring (bicyclic) bond motifs is 1. The van der Waals surface area contributed by atoms with Crippen molar-refractivity contribution in [2.24, 2.45) is 0 Å². The van der Waals surface area contributed by atoms with Crippen LogP contribution >= 0.6 is 0 Å². The van der Waals surface area contributed by atoms with Crippen LogP contribution in [-0.4, -0.2) is 39.0 Å². The topological polar surface area (TPSA) is 84.0 Å². The highest BCUT2D eigenvalue weighted by Crippen LogP contribution is 2.34. The molecule has 1 aromatic carbocycles. The van der Waals surface area contributed by atoms with Gasteiger partial charge in [-0.3, -0.25) is 4.79 Å². The van der Waals surface area contributed by atoms with Crippen molar-refractivity contribution in [1.82, 2.24) is 19.7 Å². The fourth-order valence-corrected chi connectivity index (χ4v) is 5.48. The molecule has 0 radical (unpaired) electrons. The molecule has 0 amide bonds. The molecule has 2 aromatic heterocycles. The predicted molar refractivity (Wildman–Crippen MR) is 147 cm³/mol. The quantitative estimate of drug-likeness (QED) is 0.310. The average molecular weight is 508 g/mol. The molecule has 0 N–H and O–H groups in total. The molecule has 0 fully saturated rings. The third kappa shape index (κ3) is 4.80. The van der Waals surface area contributed by atoms with E-state index in [1.165, 1.54) is 34.0 Å². The first kappa shape index (κ1) is 25.6. The summed E-state index contributed by atoms with van der Waals surface area (Å²) < 4.78 is 8.19. The molecule has 3 heterocycles. The monoisotopic (exact) mass is 507 g/mol. The van der Waals surface area contributed by atoms with Crippen LogP contribution in [0.3, 0.4) is 0 Å². The van der Waals surface area contributed by atoms with Gasteiger partial charge in [0.2, 0.25) is 0 Å². The van der Waals surface area contributed by atoms with E-state index in [2.05, 4.69) is 49.1 Å². The second-order valence-corrected chi connectivity index (χ2v) is 10.1. The smallest absolute Gasteiger partial charge is 0.265 e. The first-order valence-electron chi connectivity index (χ1n) is 13.2. The van der Waals surface area contributed by atoms with Crippen molar-refractivity contribution < 1.29 is 9.53 Å². The predicted octanol–water partition coefficient (Wildman–Crippen LogP) is 5.50. The van der Waals surface area contributed by atoms with Crippen LogP contribution in [0.25, 0.3) is 11.4 Å². The molecule has 38 heavy (non-hydrogen) atoms. The Morgan fingerprint density at radius 2 is 2.03 bits per heavy atom. The molecular weight excluding hydrogens is 474 g/mol. The van der Waals surface area contributed by atoms with E-state index in [4.69, 9.17) is 15.0 Å². The first-order chi connectivity index (χ1) is 18.4. The molecule has 1 aliphatic heterocycles. The number of nitrogens with zero attached hydrogens (tertiary/aromatic N) is 5. The first-order valence-corrected chi connectivity index (χ1v) is 13.2. The summed E-state index contributed by atoms with van der Waals surface area (Å²) in [6.45, 7) is 8.88. The minimum atomic E-state index is -0.585. The molecule has 0 saturated carbocycles. The third-order valence-corrected chi connectivity index (χ3v) is 7.64. The van der Waals surface area contributed by atoms with E-state index in [1.807, 2.05) is 25.1 Å². The minimum Gasteiger partial charge on any atom is -0.488 e. The third-order valence-electron chi connectivity index (χ3n) is 7.64. The maximum atomic E-state index is 12.1. The van der Waals surface area contributed by atoms with Gasteiger partial charge in [-0.15, -0.1) is 0 Å². The molecule has 7 heteroatoms. The van der Waals surface area contributed by atoms with Gasteiger partial charge in [-0.05, 0) is 86.5 Å². The fourth-order valence-electron chi connectivity index (χ4n) is 5.48. The highest BCUT2D eigenvalue weighted by atomic mass is 16.5. The van der Waals surface area contributed by atoms with Crippen molar-refractivity contribution in [3.05, 3.63) is 93.1 Å². The van der Waals surface area contributed by atoms with Gasteiger partial charge in [0, 0.05) is 18.7 Å². The molecule has 7 nitrogen and oxygen atoms in total. The number of pyridine rings is 1. The maximum Gasteiger partial charge on any atom is 0.265 e. The Labute approximate surface area is 224 Å². The van der Waals surface area contributed by atoms with Crippen LogP contribution in [-0.2, 0) is 30.7 Å². The van der Waals surface area contributed by atoms with E-state index < -0.39 is 5.78 Å². The van der Waals surface area contributed by atoms with Crippen LogP contribution in [0.2, 0.25) is 0 Å². The van der Waals surface area contributed by atoms with Crippen molar-refractivity contribution in [1.29, 1.82) is 5.26 Å². The Morgan fingerprint density at radius 1 is 1.18 bits per heavy atom. The Balaban J connectivity index is 1.42. The van der Waals surface area contributed by atoms with Crippen LogP contribution < -0.4 is 0 Å². The average Bonchev–Trinajstić information content (AvgIpc) is 3.37. The van der Waals surface area contributed by atoms with Gasteiger partial charge in [-0.2, -0.15) is 10.4 Å². The van der Waals surface area contributed by atoms with Gasteiger partial charge in [-0.1, -0.05) is 31.2 Å². The molecule has 3 aromatic rings. The Hall–Kier alpha value is -4.02. The van der Waals surface area contributed by atoms with Crippen molar-refractivity contribution in [3.63, 3.8) is 0 Å². The lowest BCUT2D eigenvalue weighted by atomic mass is 9.92. The number of Topliss-reactive ketones (excluding diaryl/α,β-unsaturated/α-hetero) is 1. The van der Waals surface area contributed by atoms with Crippen molar-refractivity contribution in [3.8, 4) is 11.9 Å². The molecule has 0 saturated heterocycles. The van der Waals surface area contributed by atoms with Crippen LogP contribution in [0, 0.1) is 18.3 Å². The number of nitriles is 1. The lowest BCUT2D eigenvalue weighted by Crippen LogP contribution is -2.27. The Kier molecular flexibility index (Phi) is 7.26. The number of allylic oxidation sites excluding steroid dienone is 3. The van der Waals surface area contributed by atoms with Crippen molar-refractivity contribution in [2.75, 3.05) is 13.6 Å². The highest BCUT2D eigenvalue weighted by molar-refractivity contribution is 6.08. The van der Waals surface area contributed by atoms with Gasteiger partial charge in [-0.25, -0.2) is 9.67 Å². The van der Waals surface area contributed by atoms with E-state index >= 15 is 0 Å². The molecule has 0 bridgehead atoms. The van der Waals surface area contributed by atoms with Gasteiger partial charge >= 0.3 is 0 Å². The lowest BCUT2D eigenvalue weighted by Gasteiger charge is -2.27. The molecule has 194 valence electrons. The SMILES string of the molecule is CCc1c(C(=O)C#N)cnn1-c1cccc(C2=CCCC(C)=C2OCc2ccc3c(c2C)CCN(C)C3)n1. The van der Waals surface area contributed by atoms with Gasteiger partial charge in [0.1, 0.15) is 18.4 Å². The number of carbonyl (C=O) groups is 1. The van der Waals surface area contributed by atoms with Crippen LogP contribution in [0.1, 0.15) is 70.7 Å². The number of carbonyl (C=O) groups excluding carboxylic acids is 1. The summed E-state index contributed by atoms with van der Waals surface area (Å²) in [5.74, 6) is 0.905. The summed E-state index contributed by atoms with van der Waals surface area (Å²) in [5.41, 5.74) is 9.43. The number of hydrogen-bond donors (Lipinski definition) is 0. The summed E-state index contributed by atoms with van der Waals surface area (Å²) in [4.78, 5) is 19.3. The maximum absolute atomic E-state index is 12.1. The van der Waals surface area contributed by atoms with Crippen LogP contribution in [0.15, 0.2) is 53.9 Å². The summed E-state index contributed by atoms with van der Waals surface area (Å²) in [5, 5.41) is 13.5. The number of likely N-dealkylation sites (N-methyl/N-ethyl adjacent to an activating group) is 1. The Morgan fingerprint density at radius 3 is 2.82 bits per heavy atom. The molecule has 2 aliphatic rings. The molecule has 0 spiro atoms. The van der Waals surface area contributed by atoms with Crippen LogP contribution in [0.5, 0.6) is 0 Å². The lowest BCUT2D eigenvalue weighted by molar-refractivity contribution is 0.105. The van der Waals surface area contributed by atoms with Crippen molar-refractivity contribution >= 4 is 11.4 Å². The Bertz CT molecular complexity index is 1500. The van der Waals surface area contributed by atoms with Gasteiger partial charge < -0.3 is 9.64 Å². The zero-order chi connectivity index (χ0) is 26.8. The van der Waals surface area contributed by atoms with Crippen molar-refractivity contribution in [2.45, 2.75) is 59.6 Å². The number of benzene rings is 1. The highest BCUT2D eigenvalue weighted by Gasteiger charge is 2.22. The second kappa shape index (κ2) is 10.8. The molecular formula is C31H33N5O2. The fraction of sp³-hybridized carbons (Fsp3) is 0.355. The van der Waals surface area contributed by atoms with Gasteiger partial charge in [0.15, 0.2) is 5.82 Å². The zero-order valence-corrected chi connectivity index (χ0v) is 22.5. The standard InChI is InChI=1S/C31H33N5O2/c1-5-28-26(29(37)16-32)17-33-36(28)30-11-7-10-27(34-30)25-9-6-8-20(2)31(25)38-19-23-13-12-22-18-35(4)15-14-24(22)21(23)3/h7,9-13,17H,5-6,8,14-15,18-19H2,1-4H3. The summed E-state index contributed by atoms with van der Waals surface area (Å²) in [6, 6.07) is 11.9. The number of aromatic nitrogens is 3. The number of ether oxygens (including phenoxy) is 1. The van der Waals surface area contributed by atoms with E-state index in [0.29, 0.717) is 30.1 Å². The van der Waals surface area contributed by atoms with Gasteiger partial charge in [0.25, 0.3) is 5.78 Å². The van der Waals surface area contributed by atoms with E-state index in [1.54, 1.807) is 10.8 Å². The second-order valence-electron chi connectivity index (χ2n) is 10.1. The molecule has 0 atom stereocenters. The summed E-state index contributed by atoms with van der Waals surface area (Å²) in [6.07, 6.45) is 7.15. The molecule has 0 unspecified atom stereocenters. The van der Waals surface area contributed by atoms with E-state index in [0.717, 1.165) is 49.4 Å². The largest absolute Gasteiger partial charge is 0.488 e. The van der Waals surface area contributed by atoms with E-state index in [-0.39, 0.29) is 0 Å². The van der Waals surface area contributed by atoms with Gasteiger partial charge in [0.05, 0.1) is 23.1 Å². The number of hydrogen-bond acceptors (Lipinski definition) is 6. The van der Waals surface area contributed by atoms with E-state index in [9.17, 15) is 4.79 Å². The normalized spacial score (nSPS) is 15.6. The summed E-state index contributed by atoms with van der Waals surface area (Å²) in [7, 11) is 2.17. The number of ketones is 1. The minimum absolute atomic E-state index is 0.325. The van der Waals surface area contributed by atoms with Crippen LogP contribution in [0.4, 0.5) is 0 Å². The summed E-state index contributed by atoms with van der Waals surface area (Å²) >= 11 is 0. The molecule has 1 aliphatic carbocycles. The zero-order valence-electron chi connectivity index (χ0n) is 22.5.